The molecule has 0 radical (unpaired) electrons. The lowest BCUT2D eigenvalue weighted by Crippen LogP contribution is -2.47. The van der Waals surface area contributed by atoms with Gasteiger partial charge in [-0.15, -0.1) is 0 Å². The molecule has 22 heavy (non-hydrogen) atoms. The lowest BCUT2D eigenvalue weighted by Gasteiger charge is -2.40. The first-order chi connectivity index (χ1) is 10.3. The summed E-state index contributed by atoms with van der Waals surface area (Å²) in [4.78, 5) is 0. The van der Waals surface area contributed by atoms with Crippen LogP contribution in [-0.2, 0) is 16.6 Å². The fraction of sp³-hybridized carbons (Fsp3) is 0.647. The molecule has 0 aliphatic heterocycles. The second kappa shape index (κ2) is 5.32. The summed E-state index contributed by atoms with van der Waals surface area (Å²) in [5.41, 5.74) is 0.327. The van der Waals surface area contributed by atoms with E-state index in [-0.39, 0.29) is 11.2 Å². The molecule has 1 aromatic rings. The van der Waals surface area contributed by atoms with Crippen LogP contribution < -0.4 is 4.72 Å². The summed E-state index contributed by atoms with van der Waals surface area (Å²) in [5.74, 6) is 0.462. The van der Waals surface area contributed by atoms with Gasteiger partial charge in [-0.3, -0.25) is 0 Å². The van der Waals surface area contributed by atoms with E-state index < -0.39 is 21.5 Å². The average Bonchev–Trinajstić information content (AvgIpc) is 2.80. The molecule has 3 rings (SSSR count). The predicted molar refractivity (Wildman–Crippen MR) is 86.6 cm³/mol. The zero-order valence-corrected chi connectivity index (χ0v) is 14.1. The van der Waals surface area contributed by atoms with Gasteiger partial charge >= 0.3 is 0 Å². The smallest absolute Gasteiger partial charge is 0.212 e. The molecule has 3 atom stereocenters. The third-order valence-electron chi connectivity index (χ3n) is 6.18. The fourth-order valence-electron chi connectivity index (χ4n) is 4.56. The number of hydrogen-bond acceptors (Lipinski definition) is 3. The highest BCUT2D eigenvalue weighted by molar-refractivity contribution is 7.89. The lowest BCUT2D eigenvalue weighted by atomic mass is 9.70. The van der Waals surface area contributed by atoms with Gasteiger partial charge in [0, 0.05) is 12.0 Å². The van der Waals surface area contributed by atoms with Crippen molar-refractivity contribution in [2.75, 3.05) is 5.75 Å². The number of nitrogens with one attached hydrogen (secondary N) is 1. The summed E-state index contributed by atoms with van der Waals surface area (Å²) >= 11 is 0. The first-order valence-electron chi connectivity index (χ1n) is 7.96. The first kappa shape index (κ1) is 16.0. The molecule has 2 N–H and O–H groups in total. The third kappa shape index (κ3) is 2.49. The molecular formula is C17H25NO3S. The standard InChI is InChI=1S/C17H25NO3S/c1-16(2)14-8-9-17(16,15(19)10-14)12-22(20,21)18-11-13-6-4-3-5-7-13/h3-7,14-15,18-19H,8-12H2,1-2H3/t14-,15-,17-/m0/s1. The molecule has 0 amide bonds. The highest BCUT2D eigenvalue weighted by Gasteiger charge is 2.64. The average molecular weight is 323 g/mol. The molecule has 0 unspecified atom stereocenters. The second-order valence-electron chi connectivity index (χ2n) is 7.43. The zero-order chi connectivity index (χ0) is 16.0. The minimum absolute atomic E-state index is 0.0253. The Hall–Kier alpha value is -0.910. The SMILES string of the molecule is CC1(C)[C@H]2CC[C@]1(CS(=O)(=O)NCc1ccccc1)[C@@H](O)C2. The number of aliphatic hydroxyl groups excluding tert-OH is 1. The number of hydrogen-bond donors (Lipinski definition) is 2. The van der Waals surface area contributed by atoms with E-state index in [2.05, 4.69) is 18.6 Å². The van der Waals surface area contributed by atoms with Crippen LogP contribution in [0.4, 0.5) is 0 Å². The maximum absolute atomic E-state index is 12.6. The summed E-state index contributed by atoms with van der Waals surface area (Å²) in [6.45, 7) is 4.54. The molecule has 5 heteroatoms. The molecule has 2 aliphatic rings. The van der Waals surface area contributed by atoms with E-state index in [1.807, 2.05) is 30.3 Å². The van der Waals surface area contributed by atoms with Gasteiger partial charge in [-0.2, -0.15) is 0 Å². The van der Waals surface area contributed by atoms with Crippen molar-refractivity contribution in [3.05, 3.63) is 35.9 Å². The van der Waals surface area contributed by atoms with E-state index in [1.54, 1.807) is 0 Å². The maximum Gasteiger partial charge on any atom is 0.212 e. The Morgan fingerprint density at radius 3 is 2.50 bits per heavy atom. The van der Waals surface area contributed by atoms with Crippen molar-refractivity contribution >= 4 is 10.0 Å². The van der Waals surface area contributed by atoms with Crippen molar-refractivity contribution in [1.82, 2.24) is 4.72 Å². The molecule has 0 aromatic heterocycles. The predicted octanol–water partition coefficient (Wildman–Crippen LogP) is 2.29. The largest absolute Gasteiger partial charge is 0.392 e. The number of rotatable bonds is 5. The first-order valence-corrected chi connectivity index (χ1v) is 9.61. The summed E-state index contributed by atoms with van der Waals surface area (Å²) in [7, 11) is -3.42. The van der Waals surface area contributed by atoms with Gasteiger partial charge in [0.25, 0.3) is 0 Å². The monoisotopic (exact) mass is 323 g/mol. The Balaban J connectivity index is 1.74. The van der Waals surface area contributed by atoms with Gasteiger partial charge in [-0.1, -0.05) is 44.2 Å². The molecule has 2 fully saturated rings. The van der Waals surface area contributed by atoms with E-state index in [1.165, 1.54) is 0 Å². The van der Waals surface area contributed by atoms with Crippen LogP contribution in [0, 0.1) is 16.7 Å². The van der Waals surface area contributed by atoms with Gasteiger partial charge in [0.05, 0.1) is 11.9 Å². The van der Waals surface area contributed by atoms with E-state index in [4.69, 9.17) is 0 Å². The van der Waals surface area contributed by atoms with Crippen molar-refractivity contribution < 1.29 is 13.5 Å². The van der Waals surface area contributed by atoms with Gasteiger partial charge in [-0.25, -0.2) is 13.1 Å². The molecule has 2 aliphatic carbocycles. The van der Waals surface area contributed by atoms with Crippen molar-refractivity contribution in [2.24, 2.45) is 16.7 Å². The second-order valence-corrected chi connectivity index (χ2v) is 9.24. The van der Waals surface area contributed by atoms with E-state index in [0.717, 1.165) is 24.8 Å². The molecule has 4 nitrogen and oxygen atoms in total. The molecule has 0 heterocycles. The molecule has 2 bridgehead atoms. The van der Waals surface area contributed by atoms with Crippen molar-refractivity contribution in [3.8, 4) is 0 Å². The molecule has 1 aromatic carbocycles. The Labute approximate surface area is 133 Å². The van der Waals surface area contributed by atoms with Gasteiger partial charge < -0.3 is 5.11 Å². The van der Waals surface area contributed by atoms with Crippen LogP contribution in [0.25, 0.3) is 0 Å². The van der Waals surface area contributed by atoms with Gasteiger partial charge in [0.1, 0.15) is 0 Å². The molecule has 122 valence electrons. The third-order valence-corrected chi connectivity index (χ3v) is 7.65. The van der Waals surface area contributed by atoms with Gasteiger partial charge in [0.15, 0.2) is 0 Å². The maximum atomic E-state index is 12.6. The number of benzene rings is 1. The van der Waals surface area contributed by atoms with Crippen LogP contribution in [0.3, 0.4) is 0 Å². The van der Waals surface area contributed by atoms with Crippen molar-refractivity contribution in [3.63, 3.8) is 0 Å². The fourth-order valence-corrected chi connectivity index (χ4v) is 6.43. The number of fused-ring (bicyclic) bond motifs is 2. The van der Waals surface area contributed by atoms with Crippen LogP contribution in [-0.4, -0.2) is 25.4 Å². The Morgan fingerprint density at radius 2 is 1.95 bits per heavy atom. The van der Waals surface area contributed by atoms with Crippen LogP contribution in [0.1, 0.15) is 38.7 Å². The Bertz CT molecular complexity index is 641. The van der Waals surface area contributed by atoms with E-state index in [9.17, 15) is 13.5 Å². The Kier molecular flexibility index (Phi) is 3.86. The molecule has 2 saturated carbocycles. The molecule has 0 saturated heterocycles. The van der Waals surface area contributed by atoms with Gasteiger partial charge in [0.2, 0.25) is 10.0 Å². The minimum atomic E-state index is -3.42. The van der Waals surface area contributed by atoms with Crippen LogP contribution >= 0.6 is 0 Å². The summed E-state index contributed by atoms with van der Waals surface area (Å²) in [6.07, 6.45) is 2.06. The number of sulfonamides is 1. The highest BCUT2D eigenvalue weighted by Crippen LogP contribution is 2.65. The van der Waals surface area contributed by atoms with Crippen molar-refractivity contribution in [2.45, 2.75) is 45.8 Å². The summed E-state index contributed by atoms with van der Waals surface area (Å²) in [5, 5.41) is 10.5. The highest BCUT2D eigenvalue weighted by atomic mass is 32.2. The topological polar surface area (TPSA) is 66.4 Å². The minimum Gasteiger partial charge on any atom is -0.392 e. The molecule has 0 spiro atoms. The summed E-state index contributed by atoms with van der Waals surface area (Å²) < 4.78 is 27.8. The quantitative estimate of drug-likeness (QED) is 0.874. The van der Waals surface area contributed by atoms with Crippen LogP contribution in [0.2, 0.25) is 0 Å². The lowest BCUT2D eigenvalue weighted by molar-refractivity contribution is 0.0152. The normalized spacial score (nSPS) is 33.2. The number of aliphatic hydroxyl groups is 1. The van der Waals surface area contributed by atoms with Crippen LogP contribution in [0.5, 0.6) is 0 Å². The zero-order valence-electron chi connectivity index (χ0n) is 13.2. The van der Waals surface area contributed by atoms with Crippen molar-refractivity contribution in [1.29, 1.82) is 0 Å². The summed E-state index contributed by atoms with van der Waals surface area (Å²) in [6, 6.07) is 9.51. The van der Waals surface area contributed by atoms with E-state index >= 15 is 0 Å². The Morgan fingerprint density at radius 1 is 1.27 bits per heavy atom. The van der Waals surface area contributed by atoms with Crippen LogP contribution in [0.15, 0.2) is 30.3 Å². The van der Waals surface area contributed by atoms with Gasteiger partial charge in [-0.05, 0) is 36.2 Å². The van der Waals surface area contributed by atoms with E-state index in [0.29, 0.717) is 12.5 Å². The molecular weight excluding hydrogens is 298 g/mol.